The average molecular weight is 395 g/mol. The predicted molar refractivity (Wildman–Crippen MR) is 116 cm³/mol. The lowest BCUT2D eigenvalue weighted by molar-refractivity contribution is -0.116. The molecule has 0 spiro atoms. The molecule has 0 saturated carbocycles. The van der Waals surface area contributed by atoms with Crippen LogP contribution in [0.15, 0.2) is 54.6 Å². The summed E-state index contributed by atoms with van der Waals surface area (Å²) < 4.78 is 10.8. The lowest BCUT2D eigenvalue weighted by atomic mass is 10.0. The summed E-state index contributed by atoms with van der Waals surface area (Å²) in [6.45, 7) is 4.58. The van der Waals surface area contributed by atoms with E-state index in [1.807, 2.05) is 49.4 Å². The number of hydrogen-bond acceptors (Lipinski definition) is 4. The molecule has 0 bridgehead atoms. The number of hydrogen-bond donors (Lipinski definition) is 1. The van der Waals surface area contributed by atoms with Gasteiger partial charge in [0, 0.05) is 12.6 Å². The highest BCUT2D eigenvalue weighted by atomic mass is 16.5. The van der Waals surface area contributed by atoms with E-state index in [4.69, 9.17) is 9.47 Å². The minimum Gasteiger partial charge on any atom is -0.493 e. The van der Waals surface area contributed by atoms with Crippen LogP contribution >= 0.6 is 0 Å². The average Bonchev–Trinajstić information content (AvgIpc) is 3.28. The summed E-state index contributed by atoms with van der Waals surface area (Å²) in [4.78, 5) is 15.0. The third-order valence-electron chi connectivity index (χ3n) is 5.42. The summed E-state index contributed by atoms with van der Waals surface area (Å²) in [5.41, 5.74) is 3.12. The molecule has 1 aliphatic rings. The van der Waals surface area contributed by atoms with Gasteiger partial charge in [0.25, 0.3) is 0 Å². The highest BCUT2D eigenvalue weighted by molar-refractivity contribution is 5.94. The SMILES string of the molecule is COc1ccc(C(CNC(=O)/C=C(\C)c2ccccc2)N2CCCC2)cc1OC. The van der Waals surface area contributed by atoms with Crippen molar-refractivity contribution in [2.75, 3.05) is 33.9 Å². The summed E-state index contributed by atoms with van der Waals surface area (Å²) in [7, 11) is 3.28. The van der Waals surface area contributed by atoms with Crippen molar-refractivity contribution in [1.82, 2.24) is 10.2 Å². The van der Waals surface area contributed by atoms with E-state index in [0.29, 0.717) is 18.0 Å². The Morgan fingerprint density at radius 3 is 2.41 bits per heavy atom. The molecule has 5 nitrogen and oxygen atoms in total. The highest BCUT2D eigenvalue weighted by Gasteiger charge is 2.24. The van der Waals surface area contributed by atoms with Crippen molar-refractivity contribution in [1.29, 1.82) is 0 Å². The standard InChI is InChI=1S/C24H30N2O3/c1-18(19-9-5-4-6-10-19)15-24(27)25-17-21(26-13-7-8-14-26)20-11-12-22(28-2)23(16-20)29-3/h4-6,9-12,15-16,21H,7-8,13-14,17H2,1-3H3,(H,25,27)/b18-15+. The van der Waals surface area contributed by atoms with Gasteiger partial charge in [0.1, 0.15) is 0 Å². The van der Waals surface area contributed by atoms with E-state index in [1.165, 1.54) is 12.8 Å². The molecule has 154 valence electrons. The predicted octanol–water partition coefficient (Wildman–Crippen LogP) is 4.06. The number of nitrogens with zero attached hydrogens (tertiary/aromatic N) is 1. The number of methoxy groups -OCH3 is 2. The molecule has 1 saturated heterocycles. The van der Waals surface area contributed by atoms with E-state index in [1.54, 1.807) is 20.3 Å². The van der Waals surface area contributed by atoms with Gasteiger partial charge >= 0.3 is 0 Å². The van der Waals surface area contributed by atoms with E-state index < -0.39 is 0 Å². The molecule has 1 unspecified atom stereocenters. The van der Waals surface area contributed by atoms with Gasteiger partial charge in [-0.05, 0) is 61.7 Å². The van der Waals surface area contributed by atoms with E-state index in [-0.39, 0.29) is 11.9 Å². The van der Waals surface area contributed by atoms with Crippen LogP contribution in [0, 0.1) is 0 Å². The fourth-order valence-electron chi connectivity index (χ4n) is 3.80. The second-order valence-electron chi connectivity index (χ2n) is 7.31. The molecule has 3 rings (SSSR count). The van der Waals surface area contributed by atoms with Gasteiger partial charge in [-0.15, -0.1) is 0 Å². The van der Waals surface area contributed by atoms with Crippen molar-refractivity contribution < 1.29 is 14.3 Å². The van der Waals surface area contributed by atoms with Crippen molar-refractivity contribution in [3.05, 3.63) is 65.7 Å². The van der Waals surface area contributed by atoms with Crippen LogP contribution in [-0.2, 0) is 4.79 Å². The second-order valence-corrected chi connectivity index (χ2v) is 7.31. The van der Waals surface area contributed by atoms with Crippen molar-refractivity contribution >= 4 is 11.5 Å². The van der Waals surface area contributed by atoms with Crippen LogP contribution in [0.25, 0.3) is 5.57 Å². The molecular formula is C24H30N2O3. The van der Waals surface area contributed by atoms with Gasteiger partial charge in [0.2, 0.25) is 5.91 Å². The number of carbonyl (C=O) groups is 1. The molecule has 1 heterocycles. The number of nitrogens with one attached hydrogen (secondary N) is 1. The van der Waals surface area contributed by atoms with Crippen molar-refractivity contribution in [3.63, 3.8) is 0 Å². The second kappa shape index (κ2) is 10.1. The molecule has 5 heteroatoms. The lowest BCUT2D eigenvalue weighted by Crippen LogP contribution is -2.36. The number of carbonyl (C=O) groups excluding carboxylic acids is 1. The van der Waals surface area contributed by atoms with Gasteiger partial charge in [0.05, 0.1) is 20.3 Å². The Balaban J connectivity index is 1.74. The maximum absolute atomic E-state index is 12.6. The zero-order valence-corrected chi connectivity index (χ0v) is 17.5. The third kappa shape index (κ3) is 5.39. The van der Waals surface area contributed by atoms with Crippen LogP contribution in [0.2, 0.25) is 0 Å². The van der Waals surface area contributed by atoms with Crippen molar-refractivity contribution in [3.8, 4) is 11.5 Å². The van der Waals surface area contributed by atoms with Gasteiger partial charge in [-0.25, -0.2) is 0 Å². The van der Waals surface area contributed by atoms with Gasteiger partial charge in [-0.3, -0.25) is 9.69 Å². The number of allylic oxidation sites excluding steroid dienone is 1. The Labute approximate surface area is 173 Å². The molecule has 2 aromatic rings. The first-order chi connectivity index (χ1) is 14.1. The van der Waals surface area contributed by atoms with Gasteiger partial charge in [-0.2, -0.15) is 0 Å². The van der Waals surface area contributed by atoms with Crippen LogP contribution < -0.4 is 14.8 Å². The van der Waals surface area contributed by atoms with Crippen LogP contribution in [0.4, 0.5) is 0 Å². The van der Waals surface area contributed by atoms with Gasteiger partial charge in [-0.1, -0.05) is 36.4 Å². The molecule has 0 aliphatic carbocycles. The molecule has 0 aromatic heterocycles. The Hall–Kier alpha value is -2.79. The summed E-state index contributed by atoms with van der Waals surface area (Å²) in [5, 5.41) is 3.10. The van der Waals surface area contributed by atoms with Gasteiger partial charge in [0.15, 0.2) is 11.5 Å². The summed E-state index contributed by atoms with van der Waals surface area (Å²) in [5.74, 6) is 1.35. The Morgan fingerprint density at radius 1 is 1.07 bits per heavy atom. The quantitative estimate of drug-likeness (QED) is 0.686. The van der Waals surface area contributed by atoms with Gasteiger partial charge < -0.3 is 14.8 Å². The number of ether oxygens (including phenoxy) is 2. The number of rotatable bonds is 8. The van der Waals surface area contributed by atoms with E-state index in [2.05, 4.69) is 16.3 Å². The van der Waals surface area contributed by atoms with Crippen LogP contribution in [-0.4, -0.2) is 44.7 Å². The molecular weight excluding hydrogens is 364 g/mol. The summed E-state index contributed by atoms with van der Waals surface area (Å²) >= 11 is 0. The molecule has 0 radical (unpaired) electrons. The first-order valence-corrected chi connectivity index (χ1v) is 10.1. The smallest absolute Gasteiger partial charge is 0.244 e. The summed E-state index contributed by atoms with van der Waals surface area (Å²) in [6, 6.07) is 16.0. The van der Waals surface area contributed by atoms with E-state index in [0.717, 1.165) is 29.8 Å². The van der Waals surface area contributed by atoms with Crippen LogP contribution in [0.3, 0.4) is 0 Å². The lowest BCUT2D eigenvalue weighted by Gasteiger charge is -2.28. The zero-order chi connectivity index (χ0) is 20.6. The maximum Gasteiger partial charge on any atom is 0.244 e. The number of likely N-dealkylation sites (tertiary alicyclic amines) is 1. The van der Waals surface area contributed by atoms with Crippen LogP contribution in [0.5, 0.6) is 11.5 Å². The Kier molecular flexibility index (Phi) is 7.30. The largest absolute Gasteiger partial charge is 0.493 e. The molecule has 29 heavy (non-hydrogen) atoms. The van der Waals surface area contributed by atoms with Crippen molar-refractivity contribution in [2.45, 2.75) is 25.8 Å². The maximum atomic E-state index is 12.6. The van der Waals surface area contributed by atoms with E-state index >= 15 is 0 Å². The van der Waals surface area contributed by atoms with E-state index in [9.17, 15) is 4.79 Å². The normalized spacial score (nSPS) is 15.8. The molecule has 1 N–H and O–H groups in total. The number of benzene rings is 2. The fourth-order valence-corrected chi connectivity index (χ4v) is 3.80. The third-order valence-corrected chi connectivity index (χ3v) is 5.42. The first-order valence-electron chi connectivity index (χ1n) is 10.1. The summed E-state index contributed by atoms with van der Waals surface area (Å²) in [6.07, 6.45) is 4.04. The minimum absolute atomic E-state index is 0.0731. The Morgan fingerprint density at radius 2 is 1.76 bits per heavy atom. The molecule has 2 aromatic carbocycles. The fraction of sp³-hybridized carbons (Fsp3) is 0.375. The molecule has 1 amide bonds. The topological polar surface area (TPSA) is 50.8 Å². The molecule has 1 aliphatic heterocycles. The minimum atomic E-state index is -0.0731. The zero-order valence-electron chi connectivity index (χ0n) is 17.5. The highest BCUT2D eigenvalue weighted by Crippen LogP contribution is 2.33. The molecule has 1 atom stereocenters. The first kappa shape index (κ1) is 20.9. The monoisotopic (exact) mass is 394 g/mol. The van der Waals surface area contributed by atoms with Crippen molar-refractivity contribution in [2.24, 2.45) is 0 Å². The Bertz CT molecular complexity index is 842. The van der Waals surface area contributed by atoms with Crippen LogP contribution in [0.1, 0.15) is 36.9 Å². The number of amides is 1. The molecule has 1 fully saturated rings.